The zero-order valence-corrected chi connectivity index (χ0v) is 14.9. The van der Waals surface area contributed by atoms with Gasteiger partial charge in [-0.1, -0.05) is 23.9 Å². The van der Waals surface area contributed by atoms with Crippen LogP contribution in [0.3, 0.4) is 0 Å². The van der Waals surface area contributed by atoms with Crippen molar-refractivity contribution in [2.75, 3.05) is 11.1 Å². The number of aromatic nitrogens is 4. The fourth-order valence-electron chi connectivity index (χ4n) is 2.41. The molecule has 2 amide bonds. The number of benzene rings is 1. The molecule has 2 N–H and O–H groups in total. The van der Waals surface area contributed by atoms with Crippen molar-refractivity contribution in [2.45, 2.75) is 43.9 Å². The molecular weight excluding hydrogens is 340 g/mol. The minimum atomic E-state index is -0.166. The summed E-state index contributed by atoms with van der Waals surface area (Å²) >= 11 is 1.34. The summed E-state index contributed by atoms with van der Waals surface area (Å²) in [5.74, 6) is 0.0365. The maximum atomic E-state index is 12.2. The molecule has 0 spiro atoms. The monoisotopic (exact) mass is 360 g/mol. The highest BCUT2D eigenvalue weighted by molar-refractivity contribution is 7.99. The van der Waals surface area contributed by atoms with Crippen molar-refractivity contribution < 1.29 is 9.59 Å². The van der Waals surface area contributed by atoms with Crippen molar-refractivity contribution in [3.8, 4) is 0 Å². The smallest absolute Gasteiger partial charge is 0.230 e. The van der Waals surface area contributed by atoms with Gasteiger partial charge in [-0.15, -0.1) is 5.10 Å². The number of hydrogen-bond acceptors (Lipinski definition) is 6. The molecule has 1 aliphatic carbocycles. The molecule has 1 aromatic carbocycles. The summed E-state index contributed by atoms with van der Waals surface area (Å²) in [6.07, 6.45) is 2.18. The Kier molecular flexibility index (Phi) is 5.32. The van der Waals surface area contributed by atoms with Gasteiger partial charge in [0.05, 0.1) is 17.8 Å². The van der Waals surface area contributed by atoms with Gasteiger partial charge in [0.1, 0.15) is 0 Å². The summed E-state index contributed by atoms with van der Waals surface area (Å²) in [5, 5.41) is 18.0. The van der Waals surface area contributed by atoms with Gasteiger partial charge in [0.25, 0.3) is 0 Å². The lowest BCUT2D eigenvalue weighted by atomic mass is 10.1. The summed E-state index contributed by atoms with van der Waals surface area (Å²) in [7, 11) is 0. The van der Waals surface area contributed by atoms with Gasteiger partial charge in [-0.05, 0) is 47.9 Å². The number of carbonyl (C=O) groups excluding carboxylic acids is 2. The number of carbonyl (C=O) groups is 2. The van der Waals surface area contributed by atoms with E-state index in [9.17, 15) is 9.59 Å². The number of anilines is 1. The lowest BCUT2D eigenvalue weighted by Crippen LogP contribution is -2.28. The van der Waals surface area contributed by atoms with Crippen LogP contribution in [0.15, 0.2) is 29.4 Å². The summed E-state index contributed by atoms with van der Waals surface area (Å²) in [5.41, 5.74) is 1.64. The average Bonchev–Trinajstić information content (AvgIpc) is 3.30. The quantitative estimate of drug-likeness (QED) is 0.732. The molecule has 2 aromatic rings. The summed E-state index contributed by atoms with van der Waals surface area (Å²) in [6, 6.07) is 7.65. The topological polar surface area (TPSA) is 102 Å². The Morgan fingerprint density at radius 2 is 2.20 bits per heavy atom. The van der Waals surface area contributed by atoms with Gasteiger partial charge < -0.3 is 10.6 Å². The average molecular weight is 360 g/mol. The first-order chi connectivity index (χ1) is 12.0. The third-order valence-electron chi connectivity index (χ3n) is 3.77. The van der Waals surface area contributed by atoms with Crippen molar-refractivity contribution in [2.24, 2.45) is 0 Å². The Balaban J connectivity index is 1.53. The van der Waals surface area contributed by atoms with Crippen molar-refractivity contribution in [1.82, 2.24) is 25.5 Å². The van der Waals surface area contributed by atoms with Gasteiger partial charge in [0.2, 0.25) is 17.0 Å². The largest absolute Gasteiger partial charge is 0.349 e. The molecule has 132 valence electrons. The van der Waals surface area contributed by atoms with E-state index in [0.717, 1.165) is 18.4 Å². The highest BCUT2D eigenvalue weighted by Gasteiger charge is 2.28. The molecule has 1 unspecified atom stereocenters. The Bertz CT molecular complexity index is 773. The van der Waals surface area contributed by atoms with Crippen LogP contribution in [0.25, 0.3) is 0 Å². The van der Waals surface area contributed by atoms with Crippen LogP contribution in [0.5, 0.6) is 0 Å². The van der Waals surface area contributed by atoms with E-state index in [0.29, 0.717) is 16.9 Å². The Hall–Kier alpha value is -2.42. The standard InChI is InChI=1S/C16H20N6O2S/c1-10(12-4-3-5-13(8-12)18-11(2)23)17-15(24)9-25-16-19-20-21-22(16)14-6-7-14/h3-5,8,10,14H,6-7,9H2,1-2H3,(H,17,24)(H,18,23). The molecule has 8 nitrogen and oxygen atoms in total. The molecule has 0 saturated heterocycles. The number of nitrogens with zero attached hydrogens (tertiary/aromatic N) is 4. The molecule has 0 radical (unpaired) electrons. The molecule has 1 fully saturated rings. The molecule has 9 heteroatoms. The zero-order valence-electron chi connectivity index (χ0n) is 14.1. The van der Waals surface area contributed by atoms with E-state index in [1.165, 1.54) is 18.7 Å². The summed E-state index contributed by atoms with van der Waals surface area (Å²) in [4.78, 5) is 23.3. The lowest BCUT2D eigenvalue weighted by molar-refractivity contribution is -0.119. The highest BCUT2D eigenvalue weighted by Crippen LogP contribution is 2.36. The van der Waals surface area contributed by atoms with Crippen molar-refractivity contribution in [3.05, 3.63) is 29.8 Å². The van der Waals surface area contributed by atoms with Gasteiger partial charge in [-0.25, -0.2) is 4.68 Å². The van der Waals surface area contributed by atoms with Gasteiger partial charge in [0.15, 0.2) is 0 Å². The fourth-order valence-corrected chi connectivity index (χ4v) is 3.17. The third-order valence-corrected chi connectivity index (χ3v) is 4.71. The molecule has 0 aliphatic heterocycles. The fraction of sp³-hybridized carbons (Fsp3) is 0.438. The van der Waals surface area contributed by atoms with E-state index in [-0.39, 0.29) is 23.6 Å². The molecule has 1 saturated carbocycles. The molecule has 3 rings (SSSR count). The number of rotatable bonds is 7. The molecule has 1 aromatic heterocycles. The predicted molar refractivity (Wildman–Crippen MR) is 94.1 cm³/mol. The first-order valence-electron chi connectivity index (χ1n) is 8.10. The number of tetrazole rings is 1. The van der Waals surface area contributed by atoms with Crippen LogP contribution in [0.1, 0.15) is 44.3 Å². The maximum Gasteiger partial charge on any atom is 0.230 e. The molecule has 25 heavy (non-hydrogen) atoms. The molecule has 1 aliphatic rings. The Labute approximate surface area is 149 Å². The van der Waals surface area contributed by atoms with E-state index in [2.05, 4.69) is 26.2 Å². The van der Waals surface area contributed by atoms with Gasteiger partial charge >= 0.3 is 0 Å². The summed E-state index contributed by atoms with van der Waals surface area (Å²) < 4.78 is 1.79. The first-order valence-corrected chi connectivity index (χ1v) is 9.09. The number of amides is 2. The third kappa shape index (κ3) is 4.79. The van der Waals surface area contributed by atoms with Crippen LogP contribution >= 0.6 is 11.8 Å². The van der Waals surface area contributed by atoms with E-state index in [1.54, 1.807) is 4.68 Å². The van der Waals surface area contributed by atoms with Crippen LogP contribution in [-0.4, -0.2) is 37.8 Å². The van der Waals surface area contributed by atoms with Crippen LogP contribution in [0, 0.1) is 0 Å². The summed E-state index contributed by atoms with van der Waals surface area (Å²) in [6.45, 7) is 3.37. The molecule has 0 bridgehead atoms. The van der Waals surface area contributed by atoms with Crippen LogP contribution in [0.4, 0.5) is 5.69 Å². The second kappa shape index (κ2) is 7.64. The second-order valence-corrected chi connectivity index (χ2v) is 6.96. The van der Waals surface area contributed by atoms with Crippen LogP contribution < -0.4 is 10.6 Å². The molecule has 1 atom stereocenters. The van der Waals surface area contributed by atoms with Crippen molar-refractivity contribution in [3.63, 3.8) is 0 Å². The second-order valence-electron chi connectivity index (χ2n) is 6.02. The highest BCUT2D eigenvalue weighted by atomic mass is 32.2. The minimum Gasteiger partial charge on any atom is -0.349 e. The number of hydrogen-bond donors (Lipinski definition) is 2. The normalized spacial score (nSPS) is 14.8. The SMILES string of the molecule is CC(=O)Nc1cccc(C(C)NC(=O)CSc2nnnn2C2CC2)c1. The van der Waals surface area contributed by atoms with Crippen LogP contribution in [0.2, 0.25) is 0 Å². The van der Waals surface area contributed by atoms with Gasteiger partial charge in [0, 0.05) is 12.6 Å². The lowest BCUT2D eigenvalue weighted by Gasteiger charge is -2.15. The Morgan fingerprint density at radius 3 is 2.92 bits per heavy atom. The van der Waals surface area contributed by atoms with E-state index in [1.807, 2.05) is 31.2 Å². The first kappa shape index (κ1) is 17.4. The van der Waals surface area contributed by atoms with E-state index in [4.69, 9.17) is 0 Å². The maximum absolute atomic E-state index is 12.2. The molecule has 1 heterocycles. The van der Waals surface area contributed by atoms with Crippen molar-refractivity contribution >= 4 is 29.3 Å². The minimum absolute atomic E-state index is 0.0900. The molecular formula is C16H20N6O2S. The zero-order chi connectivity index (χ0) is 17.8. The number of thioether (sulfide) groups is 1. The van der Waals surface area contributed by atoms with Crippen molar-refractivity contribution in [1.29, 1.82) is 0 Å². The van der Waals surface area contributed by atoms with Gasteiger partial charge in [-0.2, -0.15) is 0 Å². The Morgan fingerprint density at radius 1 is 1.40 bits per heavy atom. The van der Waals surface area contributed by atoms with E-state index < -0.39 is 0 Å². The van der Waals surface area contributed by atoms with Gasteiger partial charge in [-0.3, -0.25) is 9.59 Å². The number of nitrogens with one attached hydrogen (secondary N) is 2. The van der Waals surface area contributed by atoms with E-state index >= 15 is 0 Å². The predicted octanol–water partition coefficient (Wildman–Crippen LogP) is 1.94. The van der Waals surface area contributed by atoms with Crippen LogP contribution in [-0.2, 0) is 9.59 Å².